The number of amides is 2. The Balaban J connectivity index is 1.31. The first kappa shape index (κ1) is 26.3. The van der Waals surface area contributed by atoms with Gasteiger partial charge in [0.2, 0.25) is 5.91 Å². The first-order chi connectivity index (χ1) is 18.4. The van der Waals surface area contributed by atoms with Gasteiger partial charge in [-0.2, -0.15) is 0 Å². The molecule has 9 heteroatoms. The Morgan fingerprint density at radius 2 is 2.13 bits per heavy atom. The zero-order chi connectivity index (χ0) is 26.6. The van der Waals surface area contributed by atoms with E-state index in [4.69, 9.17) is 9.47 Å². The van der Waals surface area contributed by atoms with E-state index in [1.165, 1.54) is 23.5 Å². The van der Waals surface area contributed by atoms with E-state index in [9.17, 15) is 14.0 Å². The summed E-state index contributed by atoms with van der Waals surface area (Å²) in [5.41, 5.74) is 3.14. The average molecular weight is 538 g/mol. The van der Waals surface area contributed by atoms with Gasteiger partial charge in [0.1, 0.15) is 28.9 Å². The highest BCUT2D eigenvalue weighted by Gasteiger charge is 2.33. The number of halogens is 1. The van der Waals surface area contributed by atoms with E-state index in [0.717, 1.165) is 42.6 Å². The first-order valence-electron chi connectivity index (χ1n) is 13.0. The molecule has 0 saturated carbocycles. The van der Waals surface area contributed by atoms with E-state index in [-0.39, 0.29) is 36.3 Å². The maximum absolute atomic E-state index is 14.2. The molecule has 2 atom stereocenters. The molecular formula is C29H32FN3O4S. The number of ether oxygens (including phenoxy) is 2. The van der Waals surface area contributed by atoms with Crippen LogP contribution in [0.4, 0.5) is 4.39 Å². The van der Waals surface area contributed by atoms with Crippen LogP contribution in [0.15, 0.2) is 47.8 Å². The third-order valence-corrected chi connectivity index (χ3v) is 7.77. The number of nitrogens with one attached hydrogen (secondary N) is 1. The van der Waals surface area contributed by atoms with Crippen molar-refractivity contribution in [2.75, 3.05) is 19.7 Å². The average Bonchev–Trinajstić information content (AvgIpc) is 3.62. The normalized spacial score (nSPS) is 18.9. The van der Waals surface area contributed by atoms with Crippen molar-refractivity contribution >= 4 is 23.2 Å². The Hall–Kier alpha value is -3.30. The second-order valence-corrected chi connectivity index (χ2v) is 11.0. The minimum atomic E-state index is -0.396. The minimum Gasteiger partial charge on any atom is -0.486 e. The molecule has 0 spiro atoms. The van der Waals surface area contributed by atoms with Crippen LogP contribution in [0.2, 0.25) is 0 Å². The van der Waals surface area contributed by atoms with Crippen LogP contribution < -0.4 is 10.1 Å². The highest BCUT2D eigenvalue weighted by Crippen LogP contribution is 2.38. The number of carbonyl (C=O) groups is 2. The Bertz CT molecular complexity index is 1300. The van der Waals surface area contributed by atoms with Gasteiger partial charge >= 0.3 is 0 Å². The molecule has 2 aliphatic heterocycles. The lowest BCUT2D eigenvalue weighted by atomic mass is 9.87. The molecule has 1 saturated heterocycles. The topological polar surface area (TPSA) is 80.8 Å². The van der Waals surface area contributed by atoms with Gasteiger partial charge in [-0.15, -0.1) is 11.3 Å². The third kappa shape index (κ3) is 5.89. The zero-order valence-electron chi connectivity index (χ0n) is 21.6. The second kappa shape index (κ2) is 11.6. The van der Waals surface area contributed by atoms with E-state index in [0.29, 0.717) is 29.5 Å². The van der Waals surface area contributed by atoms with Crippen molar-refractivity contribution in [2.24, 2.45) is 5.92 Å². The fourth-order valence-electron chi connectivity index (χ4n) is 5.02. The third-order valence-electron chi connectivity index (χ3n) is 6.95. The summed E-state index contributed by atoms with van der Waals surface area (Å²) < 4.78 is 25.8. The molecule has 2 aliphatic rings. The summed E-state index contributed by atoms with van der Waals surface area (Å²) in [5.74, 6) is -0.0649. The second-order valence-electron chi connectivity index (χ2n) is 10.0. The fourth-order valence-corrected chi connectivity index (χ4v) is 5.70. The summed E-state index contributed by atoms with van der Waals surface area (Å²) in [6.07, 6.45) is 2.78. The standard InChI is InChI=1S/C29H32FN3O4S/c1-18(2)29(35)33-11-10-19-8-9-22(14-24(19)27(33)20-5-3-6-21(30)13-20)37-16-26-32-25(17-38-26)28(34)31-15-23-7-4-12-36-23/h3,5-6,8-9,13-14,17-18,23,27H,4,7,10-12,15-16H2,1-2H3,(H,31,34)/t23-,27+/m1/s1. The molecule has 2 amide bonds. The van der Waals surface area contributed by atoms with Gasteiger partial charge in [0, 0.05) is 31.0 Å². The molecule has 200 valence electrons. The maximum atomic E-state index is 14.2. The number of hydrogen-bond acceptors (Lipinski definition) is 6. The Kier molecular flexibility index (Phi) is 8.04. The molecule has 2 aromatic carbocycles. The molecule has 38 heavy (non-hydrogen) atoms. The van der Waals surface area contributed by atoms with Gasteiger partial charge in [-0.1, -0.05) is 32.0 Å². The van der Waals surface area contributed by atoms with Crippen molar-refractivity contribution in [2.45, 2.75) is 51.9 Å². The zero-order valence-corrected chi connectivity index (χ0v) is 22.4. The van der Waals surface area contributed by atoms with Gasteiger partial charge in [-0.3, -0.25) is 9.59 Å². The summed E-state index contributed by atoms with van der Waals surface area (Å²) in [5, 5.41) is 5.30. The van der Waals surface area contributed by atoms with Crippen molar-refractivity contribution in [3.8, 4) is 5.75 Å². The predicted molar refractivity (Wildman–Crippen MR) is 143 cm³/mol. The number of carbonyl (C=O) groups excluding carboxylic acids is 2. The van der Waals surface area contributed by atoms with Crippen molar-refractivity contribution in [1.29, 1.82) is 0 Å². The van der Waals surface area contributed by atoms with Crippen molar-refractivity contribution in [1.82, 2.24) is 15.2 Å². The number of rotatable bonds is 8. The molecule has 3 heterocycles. The van der Waals surface area contributed by atoms with E-state index < -0.39 is 6.04 Å². The quantitative estimate of drug-likeness (QED) is 0.442. The van der Waals surface area contributed by atoms with E-state index in [2.05, 4.69) is 10.3 Å². The minimum absolute atomic E-state index is 0.0318. The lowest BCUT2D eigenvalue weighted by molar-refractivity contribution is -0.136. The first-order valence-corrected chi connectivity index (χ1v) is 13.9. The van der Waals surface area contributed by atoms with Gasteiger partial charge in [0.05, 0.1) is 12.1 Å². The number of thiazole rings is 1. The fraction of sp³-hybridized carbons (Fsp3) is 0.414. The highest BCUT2D eigenvalue weighted by atomic mass is 32.1. The van der Waals surface area contributed by atoms with Crippen LogP contribution in [0.1, 0.15) is 64.9 Å². The predicted octanol–water partition coefficient (Wildman–Crippen LogP) is 4.90. The summed E-state index contributed by atoms with van der Waals surface area (Å²) in [4.78, 5) is 31.8. The van der Waals surface area contributed by atoms with Gasteiger partial charge < -0.3 is 19.7 Å². The Morgan fingerprint density at radius 1 is 1.26 bits per heavy atom. The lowest BCUT2D eigenvalue weighted by Crippen LogP contribution is -2.42. The van der Waals surface area contributed by atoms with Crippen molar-refractivity contribution in [3.63, 3.8) is 0 Å². The van der Waals surface area contributed by atoms with E-state index >= 15 is 0 Å². The molecule has 1 N–H and O–H groups in total. The molecule has 0 bridgehead atoms. The molecule has 7 nitrogen and oxygen atoms in total. The van der Waals surface area contributed by atoms with Crippen LogP contribution in [0.5, 0.6) is 5.75 Å². The largest absolute Gasteiger partial charge is 0.486 e. The van der Waals surface area contributed by atoms with Gasteiger partial charge in [-0.25, -0.2) is 9.37 Å². The van der Waals surface area contributed by atoms with Crippen LogP contribution in [-0.4, -0.2) is 47.5 Å². The molecule has 0 unspecified atom stereocenters. The van der Waals surface area contributed by atoms with Crippen LogP contribution in [-0.2, 0) is 22.6 Å². The SMILES string of the molecule is CC(C)C(=O)N1CCc2ccc(OCc3nc(C(=O)NC[C@H]4CCCO4)cs3)cc2[C@@H]1c1cccc(F)c1. The Morgan fingerprint density at radius 3 is 2.89 bits per heavy atom. The van der Waals surface area contributed by atoms with E-state index in [1.807, 2.05) is 43.0 Å². The summed E-state index contributed by atoms with van der Waals surface area (Å²) in [6.45, 7) is 5.77. The van der Waals surface area contributed by atoms with Crippen molar-refractivity contribution in [3.05, 3.63) is 81.1 Å². The maximum Gasteiger partial charge on any atom is 0.270 e. The molecular weight excluding hydrogens is 505 g/mol. The highest BCUT2D eigenvalue weighted by molar-refractivity contribution is 7.09. The molecule has 5 rings (SSSR count). The monoisotopic (exact) mass is 537 g/mol. The number of fused-ring (bicyclic) bond motifs is 1. The van der Waals surface area contributed by atoms with Crippen LogP contribution >= 0.6 is 11.3 Å². The summed E-state index contributed by atoms with van der Waals surface area (Å²) >= 11 is 1.37. The molecule has 1 fully saturated rings. The molecule has 0 aliphatic carbocycles. The number of aromatic nitrogens is 1. The van der Waals surface area contributed by atoms with Gasteiger partial charge in [-0.05, 0) is 60.2 Å². The van der Waals surface area contributed by atoms with Crippen LogP contribution in [0.3, 0.4) is 0 Å². The van der Waals surface area contributed by atoms with E-state index in [1.54, 1.807) is 11.4 Å². The Labute approximate surface area is 226 Å². The van der Waals surface area contributed by atoms with Crippen molar-refractivity contribution < 1.29 is 23.5 Å². The van der Waals surface area contributed by atoms with Gasteiger partial charge in [0.15, 0.2) is 0 Å². The number of nitrogens with zero attached hydrogens (tertiary/aromatic N) is 2. The molecule has 3 aromatic rings. The molecule has 0 radical (unpaired) electrons. The van der Waals surface area contributed by atoms with Crippen LogP contribution in [0.25, 0.3) is 0 Å². The summed E-state index contributed by atoms with van der Waals surface area (Å²) in [6, 6.07) is 11.9. The summed E-state index contributed by atoms with van der Waals surface area (Å²) in [7, 11) is 0. The van der Waals surface area contributed by atoms with Crippen LogP contribution in [0, 0.1) is 11.7 Å². The lowest BCUT2D eigenvalue weighted by Gasteiger charge is -2.39. The number of hydrogen-bond donors (Lipinski definition) is 1. The molecule has 1 aromatic heterocycles. The smallest absolute Gasteiger partial charge is 0.270 e. The van der Waals surface area contributed by atoms with Gasteiger partial charge in [0.25, 0.3) is 5.91 Å². The number of benzene rings is 2.